The van der Waals surface area contributed by atoms with Crippen LogP contribution in [0.2, 0.25) is 0 Å². The van der Waals surface area contributed by atoms with E-state index in [4.69, 9.17) is 9.52 Å². The number of nitrogens with zero attached hydrogens (tertiary/aromatic N) is 2. The molecule has 0 aliphatic heterocycles. The zero-order valence-electron chi connectivity index (χ0n) is 18.1. The number of hydrogen-bond acceptors (Lipinski definition) is 3. The Morgan fingerprint density at radius 1 is 1.06 bits per heavy atom. The molecule has 2 heterocycles. The van der Waals surface area contributed by atoms with Gasteiger partial charge in [-0.05, 0) is 62.9 Å². The van der Waals surface area contributed by atoms with Crippen LogP contribution in [-0.2, 0) is 6.42 Å². The number of aromatic nitrogens is 2. The third kappa shape index (κ3) is 4.77. The summed E-state index contributed by atoms with van der Waals surface area (Å²) in [6, 6.07) is 21.9. The third-order valence-corrected chi connectivity index (χ3v) is 5.38. The van der Waals surface area contributed by atoms with Crippen molar-refractivity contribution in [3.05, 3.63) is 95.4 Å². The van der Waals surface area contributed by atoms with E-state index in [1.54, 1.807) is 17.0 Å². The lowest BCUT2D eigenvalue weighted by molar-refractivity contribution is 0.0930. The van der Waals surface area contributed by atoms with Crippen LogP contribution in [0.4, 0.5) is 0 Å². The molecule has 0 saturated heterocycles. The molecule has 0 spiro atoms. The van der Waals surface area contributed by atoms with Gasteiger partial charge in [0.15, 0.2) is 5.76 Å². The summed E-state index contributed by atoms with van der Waals surface area (Å²) in [5, 5.41) is 7.83. The number of furan rings is 1. The Hall–Kier alpha value is -3.60. The molecule has 0 saturated carbocycles. The maximum Gasteiger partial charge on any atom is 0.270 e. The second kappa shape index (κ2) is 9.04. The van der Waals surface area contributed by atoms with Crippen molar-refractivity contribution in [1.82, 2.24) is 15.1 Å². The van der Waals surface area contributed by atoms with E-state index in [2.05, 4.69) is 30.4 Å². The number of nitrogens with one attached hydrogen (secondary N) is 1. The van der Waals surface area contributed by atoms with Crippen molar-refractivity contribution in [2.75, 3.05) is 0 Å². The van der Waals surface area contributed by atoms with Crippen LogP contribution in [0.3, 0.4) is 0 Å². The Morgan fingerprint density at radius 2 is 1.87 bits per heavy atom. The molecule has 0 aliphatic rings. The topological polar surface area (TPSA) is 60.1 Å². The first-order valence-corrected chi connectivity index (χ1v) is 10.6. The average molecular weight is 414 g/mol. The molecule has 1 unspecified atom stereocenters. The van der Waals surface area contributed by atoms with Gasteiger partial charge in [-0.3, -0.25) is 4.79 Å². The molecule has 2 aromatic heterocycles. The molecule has 0 bridgehead atoms. The van der Waals surface area contributed by atoms with E-state index in [1.165, 1.54) is 11.1 Å². The minimum Gasteiger partial charge on any atom is -0.463 e. The predicted molar refractivity (Wildman–Crippen MR) is 122 cm³/mol. The molecule has 4 rings (SSSR count). The summed E-state index contributed by atoms with van der Waals surface area (Å²) in [5.41, 5.74) is 5.49. The number of aryl methyl sites for hydroxylation is 3. The molecule has 0 aliphatic carbocycles. The molecule has 31 heavy (non-hydrogen) atoms. The number of hydrogen-bond donors (Lipinski definition) is 1. The van der Waals surface area contributed by atoms with Crippen molar-refractivity contribution in [2.24, 2.45) is 0 Å². The number of carbonyl (C=O) groups excluding carboxylic acids is 1. The summed E-state index contributed by atoms with van der Waals surface area (Å²) in [4.78, 5) is 13.2. The minimum atomic E-state index is -0.147. The molecule has 158 valence electrons. The Kier molecular flexibility index (Phi) is 6.03. The summed E-state index contributed by atoms with van der Waals surface area (Å²) in [6.07, 6.45) is 3.38. The van der Waals surface area contributed by atoms with Crippen LogP contribution in [0.25, 0.3) is 17.1 Å². The van der Waals surface area contributed by atoms with Gasteiger partial charge in [-0.1, -0.05) is 48.0 Å². The molecule has 2 aromatic carbocycles. The highest BCUT2D eigenvalue weighted by Crippen LogP contribution is 2.24. The van der Waals surface area contributed by atoms with Crippen molar-refractivity contribution in [3.8, 4) is 17.1 Å². The fourth-order valence-corrected chi connectivity index (χ4v) is 3.71. The van der Waals surface area contributed by atoms with Crippen LogP contribution in [0.5, 0.6) is 0 Å². The fourth-order valence-electron chi connectivity index (χ4n) is 3.71. The smallest absolute Gasteiger partial charge is 0.270 e. The van der Waals surface area contributed by atoms with Crippen LogP contribution in [0, 0.1) is 13.8 Å². The van der Waals surface area contributed by atoms with Gasteiger partial charge in [-0.2, -0.15) is 5.10 Å². The predicted octanol–water partition coefficient (Wildman–Crippen LogP) is 5.50. The fraction of sp³-hybridized carbons (Fsp3) is 0.231. The quantitative estimate of drug-likeness (QED) is 0.435. The largest absolute Gasteiger partial charge is 0.463 e. The lowest BCUT2D eigenvalue weighted by Crippen LogP contribution is -2.34. The van der Waals surface area contributed by atoms with Gasteiger partial charge in [0.25, 0.3) is 5.91 Å². The van der Waals surface area contributed by atoms with Gasteiger partial charge in [0.2, 0.25) is 0 Å². The molecule has 0 radical (unpaired) electrons. The molecule has 5 heteroatoms. The highest BCUT2D eigenvalue weighted by atomic mass is 16.3. The van der Waals surface area contributed by atoms with E-state index < -0.39 is 0 Å². The number of rotatable bonds is 7. The lowest BCUT2D eigenvalue weighted by Gasteiger charge is -2.15. The van der Waals surface area contributed by atoms with Crippen molar-refractivity contribution in [3.63, 3.8) is 0 Å². The normalized spacial score (nSPS) is 12.0. The van der Waals surface area contributed by atoms with E-state index in [1.807, 2.05) is 56.3 Å². The maximum absolute atomic E-state index is 13.2. The Balaban J connectivity index is 1.59. The van der Waals surface area contributed by atoms with E-state index >= 15 is 0 Å². The summed E-state index contributed by atoms with van der Waals surface area (Å²) in [7, 11) is 0. The monoisotopic (exact) mass is 413 g/mol. The van der Waals surface area contributed by atoms with E-state index in [0.717, 1.165) is 24.1 Å². The highest BCUT2D eigenvalue weighted by Gasteiger charge is 2.21. The Labute approximate surface area is 182 Å². The molecule has 1 atom stereocenters. The Morgan fingerprint density at radius 3 is 2.58 bits per heavy atom. The first kappa shape index (κ1) is 20.7. The van der Waals surface area contributed by atoms with Crippen LogP contribution < -0.4 is 5.32 Å². The van der Waals surface area contributed by atoms with Gasteiger partial charge in [0.05, 0.1) is 12.0 Å². The summed E-state index contributed by atoms with van der Waals surface area (Å²) in [6.45, 7) is 6.11. The molecule has 5 nitrogen and oxygen atoms in total. The second-order valence-electron chi connectivity index (χ2n) is 7.99. The molecule has 4 aromatic rings. The van der Waals surface area contributed by atoms with Crippen LogP contribution in [0.1, 0.15) is 40.5 Å². The third-order valence-electron chi connectivity index (χ3n) is 5.38. The van der Waals surface area contributed by atoms with E-state index in [0.29, 0.717) is 17.1 Å². The van der Waals surface area contributed by atoms with Crippen LogP contribution >= 0.6 is 0 Å². The van der Waals surface area contributed by atoms with Crippen LogP contribution in [0.15, 0.2) is 77.4 Å². The highest BCUT2D eigenvalue weighted by molar-refractivity contribution is 5.94. The van der Waals surface area contributed by atoms with Gasteiger partial charge in [0, 0.05) is 12.1 Å². The summed E-state index contributed by atoms with van der Waals surface area (Å²) >= 11 is 0. The van der Waals surface area contributed by atoms with E-state index in [9.17, 15) is 4.79 Å². The van der Waals surface area contributed by atoms with Gasteiger partial charge < -0.3 is 9.73 Å². The minimum absolute atomic E-state index is 0.0298. The second-order valence-corrected chi connectivity index (χ2v) is 7.99. The SMILES string of the molecule is Cc1ccc(-n2nc(-c3ccco3)cc2C(=O)NC(C)CCc2ccccc2)c(C)c1. The lowest BCUT2D eigenvalue weighted by atomic mass is 10.1. The molecular formula is C26H27N3O2. The Bertz CT molecular complexity index is 1160. The van der Waals surface area contributed by atoms with E-state index in [-0.39, 0.29) is 11.9 Å². The standard InChI is InChI=1S/C26H27N3O2/c1-18-11-14-23(19(2)16-18)29-24(17-22(28-29)25-10-7-15-31-25)26(30)27-20(3)12-13-21-8-5-4-6-9-21/h4-11,14-17,20H,12-13H2,1-3H3,(H,27,30). The van der Waals surface area contributed by atoms with Crippen molar-refractivity contribution in [2.45, 2.75) is 39.7 Å². The van der Waals surface area contributed by atoms with Crippen molar-refractivity contribution >= 4 is 5.91 Å². The van der Waals surface area contributed by atoms with Crippen molar-refractivity contribution < 1.29 is 9.21 Å². The first-order chi connectivity index (χ1) is 15.0. The molecular weight excluding hydrogens is 386 g/mol. The summed E-state index contributed by atoms with van der Waals surface area (Å²) in [5.74, 6) is 0.487. The van der Waals surface area contributed by atoms with Gasteiger partial charge in [0.1, 0.15) is 11.4 Å². The zero-order chi connectivity index (χ0) is 21.8. The average Bonchev–Trinajstić information content (AvgIpc) is 3.43. The number of benzene rings is 2. The van der Waals surface area contributed by atoms with Gasteiger partial charge in [-0.15, -0.1) is 0 Å². The maximum atomic E-state index is 13.2. The molecule has 1 N–H and O–H groups in total. The van der Waals surface area contributed by atoms with Crippen LogP contribution in [-0.4, -0.2) is 21.7 Å². The number of carbonyl (C=O) groups is 1. The molecule has 0 fully saturated rings. The molecule has 1 amide bonds. The van der Waals surface area contributed by atoms with Gasteiger partial charge in [-0.25, -0.2) is 4.68 Å². The van der Waals surface area contributed by atoms with Gasteiger partial charge >= 0.3 is 0 Å². The zero-order valence-corrected chi connectivity index (χ0v) is 18.1. The summed E-state index contributed by atoms with van der Waals surface area (Å²) < 4.78 is 7.23. The number of amides is 1. The van der Waals surface area contributed by atoms with Crippen molar-refractivity contribution in [1.29, 1.82) is 0 Å². The first-order valence-electron chi connectivity index (χ1n) is 10.6.